The number of carbonyl (C=O) groups is 1. The topological polar surface area (TPSA) is 82.7 Å². The average Bonchev–Trinajstić information content (AvgIpc) is 2.88. The van der Waals surface area contributed by atoms with Crippen LogP contribution in [0.5, 0.6) is 0 Å². The fraction of sp³-hybridized carbons (Fsp3) is 0.500. The summed E-state index contributed by atoms with van der Waals surface area (Å²) in [6.07, 6.45) is 2.23. The molecule has 0 amide bonds. The molecule has 0 aromatic carbocycles. The summed E-state index contributed by atoms with van der Waals surface area (Å²) in [5.74, 6) is -0.933. The van der Waals surface area contributed by atoms with Gasteiger partial charge in [-0.1, -0.05) is 0 Å². The molecule has 0 aliphatic carbocycles. The van der Waals surface area contributed by atoms with Gasteiger partial charge in [-0.25, -0.2) is 4.79 Å². The van der Waals surface area contributed by atoms with Crippen molar-refractivity contribution in [1.82, 2.24) is 5.32 Å². The summed E-state index contributed by atoms with van der Waals surface area (Å²) >= 11 is 0. The molecule has 0 saturated carbocycles. The maximum Gasteiger partial charge on any atom is 0.339 e. The molecule has 1 aliphatic heterocycles. The van der Waals surface area contributed by atoms with Crippen molar-refractivity contribution in [1.29, 1.82) is 0 Å². The molecular formula is C10H13NO4. The summed E-state index contributed by atoms with van der Waals surface area (Å²) in [7, 11) is 0. The molecule has 15 heavy (non-hydrogen) atoms. The van der Waals surface area contributed by atoms with E-state index in [1.807, 2.05) is 0 Å². The zero-order valence-corrected chi connectivity index (χ0v) is 8.14. The molecule has 2 heterocycles. The van der Waals surface area contributed by atoms with E-state index in [1.54, 1.807) is 0 Å². The second-order valence-electron chi connectivity index (χ2n) is 3.65. The molecule has 1 aromatic rings. The Morgan fingerprint density at radius 1 is 1.67 bits per heavy atom. The normalized spacial score (nSPS) is 22.9. The van der Waals surface area contributed by atoms with Crippen molar-refractivity contribution in [3.05, 3.63) is 23.7 Å². The Morgan fingerprint density at radius 3 is 3.07 bits per heavy atom. The van der Waals surface area contributed by atoms with Gasteiger partial charge in [0.2, 0.25) is 0 Å². The lowest BCUT2D eigenvalue weighted by Crippen LogP contribution is -2.29. The average molecular weight is 211 g/mol. The Bertz CT molecular complexity index is 354. The molecule has 0 radical (unpaired) electrons. The first-order valence-corrected chi connectivity index (χ1v) is 4.92. The number of furan rings is 1. The van der Waals surface area contributed by atoms with Crippen LogP contribution in [0.15, 0.2) is 16.7 Å². The smallest absolute Gasteiger partial charge is 0.339 e. The Hall–Kier alpha value is -1.33. The molecule has 2 unspecified atom stereocenters. The van der Waals surface area contributed by atoms with Gasteiger partial charge in [-0.05, 0) is 25.5 Å². The molecule has 2 rings (SSSR count). The van der Waals surface area contributed by atoms with Gasteiger partial charge in [0.25, 0.3) is 0 Å². The number of aliphatic hydroxyl groups excluding tert-OH is 1. The number of hydrogen-bond acceptors (Lipinski definition) is 4. The first-order valence-electron chi connectivity index (χ1n) is 4.92. The van der Waals surface area contributed by atoms with Crippen molar-refractivity contribution in [3.8, 4) is 0 Å². The molecule has 5 heteroatoms. The van der Waals surface area contributed by atoms with Crippen molar-refractivity contribution >= 4 is 5.97 Å². The van der Waals surface area contributed by atoms with Crippen molar-refractivity contribution in [2.45, 2.75) is 25.0 Å². The van der Waals surface area contributed by atoms with E-state index in [0.717, 1.165) is 19.4 Å². The minimum absolute atomic E-state index is 0.0381. The highest BCUT2D eigenvalue weighted by molar-refractivity contribution is 5.88. The lowest BCUT2D eigenvalue weighted by molar-refractivity contribution is 0.0673. The van der Waals surface area contributed by atoms with Crippen LogP contribution in [0.25, 0.3) is 0 Å². The summed E-state index contributed by atoms with van der Waals surface area (Å²) < 4.78 is 5.03. The number of carboxylic acid groups (broad SMARTS) is 1. The van der Waals surface area contributed by atoms with Gasteiger partial charge in [0, 0.05) is 6.04 Å². The van der Waals surface area contributed by atoms with Crippen LogP contribution in [-0.2, 0) is 0 Å². The highest BCUT2D eigenvalue weighted by Crippen LogP contribution is 2.26. The van der Waals surface area contributed by atoms with Crippen LogP contribution in [0, 0.1) is 0 Å². The molecule has 82 valence electrons. The Balaban J connectivity index is 2.20. The predicted molar refractivity (Wildman–Crippen MR) is 51.7 cm³/mol. The van der Waals surface area contributed by atoms with E-state index in [4.69, 9.17) is 9.52 Å². The van der Waals surface area contributed by atoms with Gasteiger partial charge in [0.15, 0.2) is 0 Å². The fourth-order valence-corrected chi connectivity index (χ4v) is 1.89. The molecule has 5 nitrogen and oxygen atoms in total. The molecule has 1 aromatic heterocycles. The maximum absolute atomic E-state index is 10.8. The van der Waals surface area contributed by atoms with Gasteiger partial charge in [0.05, 0.1) is 6.26 Å². The van der Waals surface area contributed by atoms with E-state index < -0.39 is 12.1 Å². The molecular weight excluding hydrogens is 198 g/mol. The molecule has 1 aliphatic rings. The largest absolute Gasteiger partial charge is 0.478 e. The SMILES string of the molecule is O=C(O)c1ccoc1C(O)C1CCCN1. The van der Waals surface area contributed by atoms with Crippen LogP contribution >= 0.6 is 0 Å². The third-order valence-corrected chi connectivity index (χ3v) is 2.67. The van der Waals surface area contributed by atoms with E-state index in [-0.39, 0.29) is 17.4 Å². The number of aliphatic hydroxyl groups is 1. The molecule has 1 fully saturated rings. The molecule has 1 saturated heterocycles. The van der Waals surface area contributed by atoms with E-state index in [0.29, 0.717) is 0 Å². The first kappa shape index (κ1) is 10.2. The summed E-state index contributed by atoms with van der Waals surface area (Å²) in [5, 5.41) is 21.9. The predicted octanol–water partition coefficient (Wildman–Crippen LogP) is 0.763. The second kappa shape index (κ2) is 4.04. The van der Waals surface area contributed by atoms with Gasteiger partial charge < -0.3 is 19.9 Å². The summed E-state index contributed by atoms with van der Waals surface area (Å²) in [5.41, 5.74) is 0.0381. The minimum atomic E-state index is -1.07. The van der Waals surface area contributed by atoms with E-state index in [9.17, 15) is 9.90 Å². The first-order chi connectivity index (χ1) is 7.20. The van der Waals surface area contributed by atoms with Gasteiger partial charge in [-0.2, -0.15) is 0 Å². The van der Waals surface area contributed by atoms with E-state index >= 15 is 0 Å². The van der Waals surface area contributed by atoms with Crippen LogP contribution in [0.2, 0.25) is 0 Å². The third kappa shape index (κ3) is 1.88. The number of hydrogen-bond donors (Lipinski definition) is 3. The van der Waals surface area contributed by atoms with Crippen molar-refractivity contribution < 1.29 is 19.4 Å². The van der Waals surface area contributed by atoms with E-state index in [1.165, 1.54) is 12.3 Å². The number of rotatable bonds is 3. The number of nitrogens with one attached hydrogen (secondary N) is 1. The van der Waals surface area contributed by atoms with E-state index in [2.05, 4.69) is 5.32 Å². The summed E-state index contributed by atoms with van der Waals surface area (Å²) in [4.78, 5) is 10.8. The van der Waals surface area contributed by atoms with Crippen LogP contribution in [0.4, 0.5) is 0 Å². The minimum Gasteiger partial charge on any atom is -0.478 e. The second-order valence-corrected chi connectivity index (χ2v) is 3.65. The highest BCUT2D eigenvalue weighted by Gasteiger charge is 2.29. The number of aromatic carboxylic acids is 1. The van der Waals surface area contributed by atoms with Crippen LogP contribution < -0.4 is 5.32 Å². The maximum atomic E-state index is 10.8. The quantitative estimate of drug-likeness (QED) is 0.687. The monoisotopic (exact) mass is 211 g/mol. The van der Waals surface area contributed by atoms with Crippen LogP contribution in [0.1, 0.15) is 35.1 Å². The van der Waals surface area contributed by atoms with Gasteiger partial charge in [-0.3, -0.25) is 0 Å². The van der Waals surface area contributed by atoms with Gasteiger partial charge in [0.1, 0.15) is 17.4 Å². The lowest BCUT2D eigenvalue weighted by atomic mass is 10.0. The van der Waals surface area contributed by atoms with Crippen molar-refractivity contribution in [2.24, 2.45) is 0 Å². The third-order valence-electron chi connectivity index (χ3n) is 2.67. The highest BCUT2D eigenvalue weighted by atomic mass is 16.4. The Morgan fingerprint density at radius 2 is 2.47 bits per heavy atom. The zero-order valence-electron chi connectivity index (χ0n) is 8.14. The summed E-state index contributed by atoms with van der Waals surface area (Å²) in [6.45, 7) is 0.852. The van der Waals surface area contributed by atoms with Gasteiger partial charge in [-0.15, -0.1) is 0 Å². The molecule has 0 spiro atoms. The molecule has 0 bridgehead atoms. The van der Waals surface area contributed by atoms with Crippen molar-refractivity contribution in [3.63, 3.8) is 0 Å². The molecule has 3 N–H and O–H groups in total. The fourth-order valence-electron chi connectivity index (χ4n) is 1.89. The van der Waals surface area contributed by atoms with Crippen LogP contribution in [0.3, 0.4) is 0 Å². The van der Waals surface area contributed by atoms with Crippen LogP contribution in [-0.4, -0.2) is 28.8 Å². The molecule has 2 atom stereocenters. The lowest BCUT2D eigenvalue weighted by Gasteiger charge is -2.16. The Kier molecular flexibility index (Phi) is 2.75. The number of carboxylic acids is 1. The Labute approximate surface area is 86.7 Å². The summed E-state index contributed by atoms with van der Waals surface area (Å²) in [6, 6.07) is 1.25. The standard InChI is InChI=1S/C10H13NO4/c12-8(7-2-1-4-11-7)9-6(10(13)14)3-5-15-9/h3,5,7-8,11-12H,1-2,4H2,(H,13,14). The zero-order chi connectivity index (χ0) is 10.8. The van der Waals surface area contributed by atoms with Crippen molar-refractivity contribution in [2.75, 3.05) is 6.54 Å². The van der Waals surface area contributed by atoms with Gasteiger partial charge >= 0.3 is 5.97 Å².